The molecule has 2 aromatic rings. The smallest absolute Gasteiger partial charge is 0.411 e. The standard InChI is InChI=1S/C22H24N2O4/c25-21(23-10-12-27-13-11-23)20-14-18-8-4-5-9-19(18)15-24(20)22(26)28-16-17-6-2-1-3-7-17/h1-9,20H,10-16H2. The quantitative estimate of drug-likeness (QED) is 0.821. The molecule has 0 aliphatic carbocycles. The molecule has 1 unspecified atom stereocenters. The second kappa shape index (κ2) is 8.44. The van der Waals surface area contributed by atoms with E-state index in [0.29, 0.717) is 39.3 Å². The van der Waals surface area contributed by atoms with E-state index in [9.17, 15) is 9.59 Å². The van der Waals surface area contributed by atoms with Gasteiger partial charge in [-0.15, -0.1) is 0 Å². The van der Waals surface area contributed by atoms with Crippen molar-refractivity contribution in [2.75, 3.05) is 26.3 Å². The molecule has 146 valence electrons. The normalized spacial score (nSPS) is 19.1. The van der Waals surface area contributed by atoms with E-state index in [0.717, 1.165) is 16.7 Å². The molecule has 0 radical (unpaired) electrons. The van der Waals surface area contributed by atoms with E-state index in [2.05, 4.69) is 0 Å². The minimum Gasteiger partial charge on any atom is -0.445 e. The Labute approximate surface area is 164 Å². The molecule has 28 heavy (non-hydrogen) atoms. The van der Waals surface area contributed by atoms with Crippen LogP contribution in [0.1, 0.15) is 16.7 Å². The van der Waals surface area contributed by atoms with Gasteiger partial charge in [0.2, 0.25) is 5.91 Å². The first-order valence-electron chi connectivity index (χ1n) is 9.63. The van der Waals surface area contributed by atoms with Gasteiger partial charge in [0.15, 0.2) is 0 Å². The molecule has 1 fully saturated rings. The number of morpholine rings is 1. The summed E-state index contributed by atoms with van der Waals surface area (Å²) in [5, 5.41) is 0. The molecule has 4 rings (SSSR count). The van der Waals surface area contributed by atoms with E-state index in [-0.39, 0.29) is 12.5 Å². The molecule has 1 saturated heterocycles. The molecule has 0 aromatic heterocycles. The highest BCUT2D eigenvalue weighted by Crippen LogP contribution is 2.25. The van der Waals surface area contributed by atoms with Gasteiger partial charge in [-0.2, -0.15) is 0 Å². The van der Waals surface area contributed by atoms with Gasteiger partial charge in [-0.3, -0.25) is 9.69 Å². The molecule has 2 aliphatic rings. The zero-order valence-electron chi connectivity index (χ0n) is 15.8. The predicted octanol–water partition coefficient (Wildman–Crippen LogP) is 2.61. The van der Waals surface area contributed by atoms with Gasteiger partial charge in [0.05, 0.1) is 19.8 Å². The van der Waals surface area contributed by atoms with E-state index >= 15 is 0 Å². The van der Waals surface area contributed by atoms with Crippen molar-refractivity contribution < 1.29 is 19.1 Å². The van der Waals surface area contributed by atoms with Crippen LogP contribution in [0.25, 0.3) is 0 Å². The number of fused-ring (bicyclic) bond motifs is 1. The predicted molar refractivity (Wildman–Crippen MR) is 104 cm³/mol. The summed E-state index contributed by atoms with van der Waals surface area (Å²) in [5.41, 5.74) is 3.09. The molecule has 0 saturated carbocycles. The van der Waals surface area contributed by atoms with Gasteiger partial charge >= 0.3 is 6.09 Å². The van der Waals surface area contributed by atoms with E-state index < -0.39 is 12.1 Å². The summed E-state index contributed by atoms with van der Waals surface area (Å²) in [6, 6.07) is 17.0. The Morgan fingerprint density at radius 2 is 1.64 bits per heavy atom. The molecule has 6 heteroatoms. The van der Waals surface area contributed by atoms with Gasteiger partial charge in [-0.1, -0.05) is 54.6 Å². The highest BCUT2D eigenvalue weighted by molar-refractivity contribution is 5.86. The molecular weight excluding hydrogens is 356 g/mol. The minimum absolute atomic E-state index is 0.0329. The lowest BCUT2D eigenvalue weighted by molar-refractivity contribution is -0.141. The van der Waals surface area contributed by atoms with Crippen LogP contribution < -0.4 is 0 Å². The topological polar surface area (TPSA) is 59.1 Å². The van der Waals surface area contributed by atoms with Crippen LogP contribution in [-0.4, -0.2) is 54.1 Å². The van der Waals surface area contributed by atoms with Gasteiger partial charge in [0.25, 0.3) is 0 Å². The fourth-order valence-electron chi connectivity index (χ4n) is 3.73. The maximum absolute atomic E-state index is 13.2. The summed E-state index contributed by atoms with van der Waals surface area (Å²) in [6.45, 7) is 2.76. The van der Waals surface area contributed by atoms with Crippen molar-refractivity contribution >= 4 is 12.0 Å². The van der Waals surface area contributed by atoms with Crippen LogP contribution in [0.5, 0.6) is 0 Å². The summed E-state index contributed by atoms with van der Waals surface area (Å²) < 4.78 is 10.9. The van der Waals surface area contributed by atoms with Gasteiger partial charge in [0.1, 0.15) is 12.6 Å². The fraction of sp³-hybridized carbons (Fsp3) is 0.364. The van der Waals surface area contributed by atoms with Crippen molar-refractivity contribution in [2.24, 2.45) is 0 Å². The lowest BCUT2D eigenvalue weighted by Gasteiger charge is -2.38. The van der Waals surface area contributed by atoms with Gasteiger partial charge in [0, 0.05) is 19.5 Å². The van der Waals surface area contributed by atoms with E-state index in [1.165, 1.54) is 0 Å². The number of ether oxygens (including phenoxy) is 2. The average Bonchev–Trinajstić information content (AvgIpc) is 2.77. The minimum atomic E-state index is -0.545. The summed E-state index contributed by atoms with van der Waals surface area (Å²) in [7, 11) is 0. The summed E-state index contributed by atoms with van der Waals surface area (Å²) in [5.74, 6) is -0.0329. The van der Waals surface area contributed by atoms with Crippen molar-refractivity contribution in [3.63, 3.8) is 0 Å². The number of nitrogens with zero attached hydrogens (tertiary/aromatic N) is 2. The SMILES string of the molecule is O=C(C1Cc2ccccc2CN1C(=O)OCc1ccccc1)N1CCOCC1. The zero-order chi connectivity index (χ0) is 19.3. The molecule has 0 bridgehead atoms. The molecule has 0 spiro atoms. The highest BCUT2D eigenvalue weighted by atomic mass is 16.6. The van der Waals surface area contributed by atoms with Crippen molar-refractivity contribution in [3.8, 4) is 0 Å². The van der Waals surface area contributed by atoms with Crippen LogP contribution in [0.2, 0.25) is 0 Å². The number of amides is 2. The Balaban J connectivity index is 1.52. The molecular formula is C22H24N2O4. The Bertz CT molecular complexity index is 833. The first-order valence-corrected chi connectivity index (χ1v) is 9.63. The summed E-state index contributed by atoms with van der Waals surface area (Å²) >= 11 is 0. The Hall–Kier alpha value is -2.86. The number of rotatable bonds is 3. The number of carbonyl (C=O) groups is 2. The number of hydrogen-bond donors (Lipinski definition) is 0. The molecule has 2 heterocycles. The van der Waals surface area contributed by atoms with Gasteiger partial charge < -0.3 is 14.4 Å². The maximum atomic E-state index is 13.2. The summed E-state index contributed by atoms with van der Waals surface area (Å²) in [4.78, 5) is 29.4. The average molecular weight is 380 g/mol. The fourth-order valence-corrected chi connectivity index (χ4v) is 3.73. The summed E-state index contributed by atoms with van der Waals surface area (Å²) in [6.07, 6.45) is 0.0530. The van der Waals surface area contributed by atoms with Gasteiger partial charge in [-0.25, -0.2) is 4.79 Å². The molecule has 2 aromatic carbocycles. The Morgan fingerprint density at radius 3 is 2.39 bits per heavy atom. The Kier molecular flexibility index (Phi) is 5.58. The third kappa shape index (κ3) is 4.02. The van der Waals surface area contributed by atoms with E-state index in [1.54, 1.807) is 9.80 Å². The molecule has 2 amide bonds. The van der Waals surface area contributed by atoms with E-state index in [4.69, 9.17) is 9.47 Å². The van der Waals surface area contributed by atoms with E-state index in [1.807, 2.05) is 54.6 Å². The Morgan fingerprint density at radius 1 is 0.964 bits per heavy atom. The van der Waals surface area contributed by atoms with Crippen LogP contribution in [0.15, 0.2) is 54.6 Å². The molecule has 2 aliphatic heterocycles. The third-order valence-corrected chi connectivity index (χ3v) is 5.30. The number of carbonyl (C=O) groups excluding carboxylic acids is 2. The van der Waals surface area contributed by atoms with Gasteiger partial charge in [-0.05, 0) is 16.7 Å². The van der Waals surface area contributed by atoms with Crippen LogP contribution in [0.4, 0.5) is 4.79 Å². The molecule has 1 atom stereocenters. The van der Waals surface area contributed by atoms with Crippen molar-refractivity contribution in [1.82, 2.24) is 9.80 Å². The number of hydrogen-bond acceptors (Lipinski definition) is 4. The zero-order valence-corrected chi connectivity index (χ0v) is 15.8. The molecule has 0 N–H and O–H groups in total. The maximum Gasteiger partial charge on any atom is 0.411 e. The monoisotopic (exact) mass is 380 g/mol. The van der Waals surface area contributed by atoms with Crippen molar-refractivity contribution in [1.29, 1.82) is 0 Å². The van der Waals surface area contributed by atoms with Crippen LogP contribution >= 0.6 is 0 Å². The second-order valence-corrected chi connectivity index (χ2v) is 7.09. The highest BCUT2D eigenvalue weighted by Gasteiger charge is 2.38. The van der Waals surface area contributed by atoms with Crippen LogP contribution in [-0.2, 0) is 33.8 Å². The van der Waals surface area contributed by atoms with Crippen LogP contribution in [0, 0.1) is 0 Å². The molecule has 6 nitrogen and oxygen atoms in total. The lowest BCUT2D eigenvalue weighted by atomic mass is 9.93. The number of benzene rings is 2. The van der Waals surface area contributed by atoms with Crippen molar-refractivity contribution in [3.05, 3.63) is 71.3 Å². The lowest BCUT2D eigenvalue weighted by Crippen LogP contribution is -2.55. The second-order valence-electron chi connectivity index (χ2n) is 7.09. The van der Waals surface area contributed by atoms with Crippen LogP contribution in [0.3, 0.4) is 0 Å². The first-order chi connectivity index (χ1) is 13.7. The first kappa shape index (κ1) is 18.5. The third-order valence-electron chi connectivity index (χ3n) is 5.30. The van der Waals surface area contributed by atoms with Crippen molar-refractivity contribution in [2.45, 2.75) is 25.6 Å². The largest absolute Gasteiger partial charge is 0.445 e.